The first-order chi connectivity index (χ1) is 5.26. The minimum Gasteiger partial charge on any atom is -0.359 e. The molecule has 1 atom stereocenters. The van der Waals surface area contributed by atoms with Crippen LogP contribution in [0, 0.1) is 0 Å². The second-order valence-electron chi connectivity index (χ2n) is 2.08. The lowest BCUT2D eigenvalue weighted by Crippen LogP contribution is -2.22. The van der Waals surface area contributed by atoms with Gasteiger partial charge in [0.15, 0.2) is 5.78 Å². The van der Waals surface area contributed by atoms with Crippen molar-refractivity contribution < 1.29 is 14.3 Å². The first-order valence-electron chi connectivity index (χ1n) is 3.53. The summed E-state index contributed by atoms with van der Waals surface area (Å²) in [6.07, 6.45) is 1.52. The van der Waals surface area contributed by atoms with Gasteiger partial charge in [-0.2, -0.15) is 0 Å². The van der Waals surface area contributed by atoms with E-state index in [4.69, 9.17) is 4.74 Å². The maximum Gasteiger partial charge on any atom is 0.183 e. The third-order valence-electron chi connectivity index (χ3n) is 1.28. The zero-order valence-electron chi connectivity index (χ0n) is 7.00. The van der Waals surface area contributed by atoms with E-state index in [1.807, 2.05) is 6.92 Å². The molecule has 0 amide bonds. The topological polar surface area (TPSA) is 35.5 Å². The van der Waals surface area contributed by atoms with Crippen LogP contribution in [0.25, 0.3) is 0 Å². The van der Waals surface area contributed by atoms with E-state index < -0.39 is 6.10 Å². The van der Waals surface area contributed by atoms with Crippen LogP contribution in [0.4, 0.5) is 0 Å². The van der Waals surface area contributed by atoms with Crippen LogP contribution in [-0.2, 0) is 14.3 Å². The van der Waals surface area contributed by atoms with E-state index in [9.17, 15) is 4.79 Å². The van der Waals surface area contributed by atoms with Crippen LogP contribution in [0.3, 0.4) is 0 Å². The predicted octanol–water partition coefficient (Wildman–Crippen LogP) is 1.14. The zero-order valence-corrected chi connectivity index (χ0v) is 7.00. The third-order valence-corrected chi connectivity index (χ3v) is 1.28. The van der Waals surface area contributed by atoms with Crippen molar-refractivity contribution >= 4 is 5.78 Å². The Labute approximate surface area is 67.0 Å². The number of carbonyl (C=O) groups is 1. The average Bonchev–Trinajstić information content (AvgIpc) is 2.05. The van der Waals surface area contributed by atoms with E-state index in [1.165, 1.54) is 13.2 Å². The largest absolute Gasteiger partial charge is 0.359 e. The molecule has 0 aromatic rings. The Kier molecular flexibility index (Phi) is 5.70. The molecule has 3 nitrogen and oxygen atoms in total. The molecule has 0 spiro atoms. The lowest BCUT2D eigenvalue weighted by Gasteiger charge is -2.11. The summed E-state index contributed by atoms with van der Waals surface area (Å²) in [5.74, 6) is -0.0930. The molecule has 3 heteroatoms. The van der Waals surface area contributed by atoms with Gasteiger partial charge in [0.25, 0.3) is 0 Å². The second-order valence-corrected chi connectivity index (χ2v) is 2.08. The van der Waals surface area contributed by atoms with Crippen LogP contribution in [0.2, 0.25) is 0 Å². The highest BCUT2D eigenvalue weighted by Crippen LogP contribution is 1.99. The smallest absolute Gasteiger partial charge is 0.183 e. The molecule has 0 fully saturated rings. The molecule has 0 aliphatic carbocycles. The van der Waals surface area contributed by atoms with E-state index >= 15 is 0 Å². The summed E-state index contributed by atoms with van der Waals surface area (Å²) in [7, 11) is 1.52. The van der Waals surface area contributed by atoms with E-state index in [1.54, 1.807) is 0 Å². The Morgan fingerprint density at radius 1 is 1.73 bits per heavy atom. The molecule has 0 unspecified atom stereocenters. The summed E-state index contributed by atoms with van der Waals surface area (Å²) in [5, 5.41) is 0. The number of methoxy groups -OCH3 is 1. The number of ketones is 1. The molecular formula is C8H14O3. The van der Waals surface area contributed by atoms with Gasteiger partial charge in [-0.25, -0.2) is 0 Å². The number of hydrogen-bond donors (Lipinski definition) is 0. The van der Waals surface area contributed by atoms with Gasteiger partial charge in [-0.1, -0.05) is 13.5 Å². The van der Waals surface area contributed by atoms with Gasteiger partial charge in [-0.3, -0.25) is 4.79 Å². The molecule has 0 aromatic carbocycles. The summed E-state index contributed by atoms with van der Waals surface area (Å²) in [6.45, 7) is 5.39. The van der Waals surface area contributed by atoms with Gasteiger partial charge in [0.2, 0.25) is 0 Å². The van der Waals surface area contributed by atoms with Gasteiger partial charge >= 0.3 is 0 Å². The highest BCUT2D eigenvalue weighted by Gasteiger charge is 2.12. The Hall–Kier alpha value is -0.670. The molecule has 11 heavy (non-hydrogen) atoms. The molecule has 0 radical (unpaired) electrons. The van der Waals surface area contributed by atoms with E-state index in [0.717, 1.165) is 0 Å². The summed E-state index contributed by atoms with van der Waals surface area (Å²) >= 11 is 0. The van der Waals surface area contributed by atoms with Crippen molar-refractivity contribution in [3.63, 3.8) is 0 Å². The standard InChI is InChI=1S/C8H14O3/c1-4-7(9)8(5-2)11-6-10-3/h4,8H,1,5-6H2,2-3H3/t8-/m1/s1. The van der Waals surface area contributed by atoms with E-state index in [0.29, 0.717) is 6.42 Å². The highest BCUT2D eigenvalue weighted by molar-refractivity contribution is 5.92. The molecule has 0 heterocycles. The van der Waals surface area contributed by atoms with Gasteiger partial charge < -0.3 is 9.47 Å². The van der Waals surface area contributed by atoms with Crippen molar-refractivity contribution in [1.82, 2.24) is 0 Å². The van der Waals surface area contributed by atoms with Gasteiger partial charge in [0, 0.05) is 7.11 Å². The van der Waals surface area contributed by atoms with Crippen molar-refractivity contribution in [2.75, 3.05) is 13.9 Å². The molecule has 0 rings (SSSR count). The fourth-order valence-corrected chi connectivity index (χ4v) is 0.683. The fourth-order valence-electron chi connectivity index (χ4n) is 0.683. The molecule has 0 aromatic heterocycles. The van der Waals surface area contributed by atoms with Crippen molar-refractivity contribution in [3.05, 3.63) is 12.7 Å². The lowest BCUT2D eigenvalue weighted by atomic mass is 10.2. The van der Waals surface area contributed by atoms with Gasteiger partial charge in [0.1, 0.15) is 12.9 Å². The van der Waals surface area contributed by atoms with E-state index in [2.05, 4.69) is 11.3 Å². The number of hydrogen-bond acceptors (Lipinski definition) is 3. The van der Waals surface area contributed by atoms with Crippen LogP contribution in [0.15, 0.2) is 12.7 Å². The molecule has 0 N–H and O–H groups in total. The summed E-state index contributed by atoms with van der Waals surface area (Å²) in [4.78, 5) is 11.0. The molecular weight excluding hydrogens is 144 g/mol. The van der Waals surface area contributed by atoms with Gasteiger partial charge in [0.05, 0.1) is 0 Å². The minimum atomic E-state index is -0.396. The number of rotatable bonds is 6. The fraction of sp³-hybridized carbons (Fsp3) is 0.625. The second kappa shape index (κ2) is 6.07. The predicted molar refractivity (Wildman–Crippen MR) is 42.2 cm³/mol. The number of ether oxygens (including phenoxy) is 2. The Bertz CT molecular complexity index is 131. The van der Waals surface area contributed by atoms with Crippen LogP contribution >= 0.6 is 0 Å². The quantitative estimate of drug-likeness (QED) is 0.429. The number of carbonyl (C=O) groups excluding carboxylic acids is 1. The molecule has 0 bridgehead atoms. The van der Waals surface area contributed by atoms with Crippen LogP contribution < -0.4 is 0 Å². The van der Waals surface area contributed by atoms with Crippen LogP contribution in [0.1, 0.15) is 13.3 Å². The summed E-state index contributed by atoms with van der Waals surface area (Å²) in [6, 6.07) is 0. The maximum absolute atomic E-state index is 11.0. The van der Waals surface area contributed by atoms with Gasteiger partial charge in [-0.05, 0) is 12.5 Å². The van der Waals surface area contributed by atoms with E-state index in [-0.39, 0.29) is 12.6 Å². The Morgan fingerprint density at radius 2 is 2.36 bits per heavy atom. The first-order valence-corrected chi connectivity index (χ1v) is 3.53. The van der Waals surface area contributed by atoms with Crippen molar-refractivity contribution in [2.45, 2.75) is 19.4 Å². The minimum absolute atomic E-state index is 0.0930. The molecule has 0 aliphatic heterocycles. The zero-order chi connectivity index (χ0) is 8.69. The summed E-state index contributed by atoms with van der Waals surface area (Å²) < 4.78 is 9.71. The maximum atomic E-state index is 11.0. The SMILES string of the molecule is C=CC(=O)[C@@H](CC)OCOC. The lowest BCUT2D eigenvalue weighted by molar-refractivity contribution is -0.135. The Morgan fingerprint density at radius 3 is 2.73 bits per heavy atom. The molecule has 0 saturated carbocycles. The van der Waals surface area contributed by atoms with Gasteiger partial charge in [-0.15, -0.1) is 0 Å². The highest BCUT2D eigenvalue weighted by atomic mass is 16.7. The van der Waals surface area contributed by atoms with Crippen LogP contribution in [0.5, 0.6) is 0 Å². The first kappa shape index (κ1) is 10.3. The monoisotopic (exact) mass is 158 g/mol. The van der Waals surface area contributed by atoms with Crippen molar-refractivity contribution in [1.29, 1.82) is 0 Å². The summed E-state index contributed by atoms with van der Waals surface area (Å²) in [5.41, 5.74) is 0. The van der Waals surface area contributed by atoms with Crippen molar-refractivity contribution in [2.24, 2.45) is 0 Å². The normalized spacial score (nSPS) is 12.5. The molecule has 64 valence electrons. The van der Waals surface area contributed by atoms with Crippen molar-refractivity contribution in [3.8, 4) is 0 Å². The molecule has 0 saturated heterocycles. The Balaban J connectivity index is 3.74. The average molecular weight is 158 g/mol. The van der Waals surface area contributed by atoms with Crippen LogP contribution in [-0.4, -0.2) is 25.8 Å². The third kappa shape index (κ3) is 3.91. The molecule has 0 aliphatic rings.